The van der Waals surface area contributed by atoms with E-state index in [9.17, 15) is 9.50 Å². The number of nitrogens with zero attached hydrogens (tertiary/aromatic N) is 1. The van der Waals surface area contributed by atoms with E-state index in [1.165, 1.54) is 6.07 Å². The topological polar surface area (TPSA) is 23.5 Å². The van der Waals surface area contributed by atoms with Crippen LogP contribution in [0.4, 0.5) is 4.39 Å². The molecule has 0 aliphatic carbocycles. The van der Waals surface area contributed by atoms with Crippen LogP contribution in [0, 0.1) is 5.82 Å². The summed E-state index contributed by atoms with van der Waals surface area (Å²) >= 11 is 0. The second-order valence-electron chi connectivity index (χ2n) is 5.88. The molecule has 0 aliphatic rings. The maximum Gasteiger partial charge on any atom is 0.131 e. The van der Waals surface area contributed by atoms with Crippen molar-refractivity contribution >= 4 is 0 Å². The summed E-state index contributed by atoms with van der Waals surface area (Å²) in [6.45, 7) is 1.00. The van der Waals surface area contributed by atoms with Crippen molar-refractivity contribution in [2.45, 2.75) is 25.4 Å². The minimum Gasteiger partial charge on any atom is -0.388 e. The van der Waals surface area contributed by atoms with Gasteiger partial charge < -0.3 is 10.0 Å². The fraction of sp³-hybridized carbons (Fsp3) is 0.368. The number of hydrogen-bond acceptors (Lipinski definition) is 2. The van der Waals surface area contributed by atoms with Gasteiger partial charge in [0.2, 0.25) is 0 Å². The van der Waals surface area contributed by atoms with Crippen LogP contribution in [0.25, 0.3) is 11.1 Å². The molecule has 1 atom stereocenters. The number of aliphatic hydroxyl groups is 1. The maximum absolute atomic E-state index is 14.3. The third-order valence-corrected chi connectivity index (χ3v) is 3.80. The van der Waals surface area contributed by atoms with Crippen molar-refractivity contribution in [3.8, 4) is 11.1 Å². The van der Waals surface area contributed by atoms with E-state index in [0.29, 0.717) is 17.5 Å². The number of unbranched alkanes of at least 4 members (excludes halogenated alkanes) is 1. The lowest BCUT2D eigenvalue weighted by Crippen LogP contribution is -2.13. The molecule has 2 aromatic rings. The predicted molar refractivity (Wildman–Crippen MR) is 89.2 cm³/mol. The molecule has 0 saturated heterocycles. The fourth-order valence-corrected chi connectivity index (χ4v) is 2.65. The van der Waals surface area contributed by atoms with Crippen molar-refractivity contribution in [2.75, 3.05) is 20.6 Å². The molecule has 22 heavy (non-hydrogen) atoms. The van der Waals surface area contributed by atoms with Crippen molar-refractivity contribution in [1.29, 1.82) is 0 Å². The van der Waals surface area contributed by atoms with Crippen LogP contribution in [0.3, 0.4) is 0 Å². The first-order chi connectivity index (χ1) is 10.6. The van der Waals surface area contributed by atoms with Gasteiger partial charge in [0.05, 0.1) is 6.10 Å². The van der Waals surface area contributed by atoms with Crippen LogP contribution in [0.1, 0.15) is 30.9 Å². The molecule has 0 heterocycles. The molecule has 0 amide bonds. The zero-order chi connectivity index (χ0) is 15.9. The number of rotatable bonds is 7. The third kappa shape index (κ3) is 4.39. The largest absolute Gasteiger partial charge is 0.388 e. The van der Waals surface area contributed by atoms with Crippen molar-refractivity contribution in [3.05, 3.63) is 59.9 Å². The van der Waals surface area contributed by atoms with Crippen LogP contribution >= 0.6 is 0 Å². The smallest absolute Gasteiger partial charge is 0.131 e. The quantitative estimate of drug-likeness (QED) is 0.773. The van der Waals surface area contributed by atoms with Gasteiger partial charge in [-0.15, -0.1) is 0 Å². The molecular weight excluding hydrogens is 277 g/mol. The van der Waals surface area contributed by atoms with Gasteiger partial charge in [-0.2, -0.15) is 0 Å². The Morgan fingerprint density at radius 3 is 2.41 bits per heavy atom. The van der Waals surface area contributed by atoms with Crippen LogP contribution in [0.5, 0.6) is 0 Å². The molecule has 118 valence electrons. The molecule has 1 N–H and O–H groups in total. The highest BCUT2D eigenvalue weighted by Gasteiger charge is 2.16. The molecule has 0 saturated carbocycles. The summed E-state index contributed by atoms with van der Waals surface area (Å²) in [4.78, 5) is 2.13. The number of hydrogen-bond donors (Lipinski definition) is 1. The van der Waals surface area contributed by atoms with Crippen LogP contribution in [-0.4, -0.2) is 30.6 Å². The molecule has 2 nitrogen and oxygen atoms in total. The standard InChI is InChI=1S/C19H24FNO/c1-21(2)14-7-6-13-18(22)16-11-8-12-17(20)19(16)15-9-4-3-5-10-15/h3-5,8-12,18,22H,6-7,13-14H2,1-2H3. The summed E-state index contributed by atoms with van der Waals surface area (Å²) in [7, 11) is 4.08. The lowest BCUT2D eigenvalue weighted by molar-refractivity contribution is 0.162. The molecule has 2 rings (SSSR count). The Hall–Kier alpha value is -1.71. The van der Waals surface area contributed by atoms with Gasteiger partial charge in [-0.05, 0) is 57.1 Å². The minimum absolute atomic E-state index is 0.281. The van der Waals surface area contributed by atoms with E-state index in [2.05, 4.69) is 4.90 Å². The molecule has 0 radical (unpaired) electrons. The first-order valence-electron chi connectivity index (χ1n) is 7.76. The molecule has 0 spiro atoms. The third-order valence-electron chi connectivity index (χ3n) is 3.80. The van der Waals surface area contributed by atoms with Gasteiger partial charge in [0.25, 0.3) is 0 Å². The molecule has 2 aromatic carbocycles. The van der Waals surface area contributed by atoms with Crippen LogP contribution < -0.4 is 0 Å². The summed E-state index contributed by atoms with van der Waals surface area (Å²) in [6, 6.07) is 14.4. The van der Waals surface area contributed by atoms with E-state index in [-0.39, 0.29) is 5.82 Å². The lowest BCUT2D eigenvalue weighted by Gasteiger charge is -2.17. The highest BCUT2D eigenvalue weighted by Crippen LogP contribution is 2.32. The molecule has 3 heteroatoms. The minimum atomic E-state index is -0.631. The van der Waals surface area contributed by atoms with Gasteiger partial charge in [-0.1, -0.05) is 42.5 Å². The van der Waals surface area contributed by atoms with E-state index in [1.807, 2.05) is 50.5 Å². The highest BCUT2D eigenvalue weighted by atomic mass is 19.1. The first-order valence-corrected chi connectivity index (χ1v) is 7.76. The first kappa shape index (κ1) is 16.7. The second kappa shape index (κ2) is 8.06. The fourth-order valence-electron chi connectivity index (χ4n) is 2.65. The monoisotopic (exact) mass is 301 g/mol. The summed E-state index contributed by atoms with van der Waals surface area (Å²) in [5, 5.41) is 10.5. The maximum atomic E-state index is 14.3. The van der Waals surface area contributed by atoms with Crippen LogP contribution in [0.15, 0.2) is 48.5 Å². The van der Waals surface area contributed by atoms with Gasteiger partial charge in [0.1, 0.15) is 5.82 Å². The van der Waals surface area contributed by atoms with E-state index >= 15 is 0 Å². The van der Waals surface area contributed by atoms with Gasteiger partial charge in [0, 0.05) is 5.56 Å². The molecule has 0 fully saturated rings. The van der Waals surface area contributed by atoms with Crippen molar-refractivity contribution < 1.29 is 9.50 Å². The van der Waals surface area contributed by atoms with Gasteiger partial charge in [0.15, 0.2) is 0 Å². The Kier molecular flexibility index (Phi) is 6.10. The average Bonchev–Trinajstić information content (AvgIpc) is 2.51. The van der Waals surface area contributed by atoms with Gasteiger partial charge in [-0.3, -0.25) is 0 Å². The normalized spacial score (nSPS) is 12.6. The summed E-state index contributed by atoms with van der Waals surface area (Å²) in [6.07, 6.45) is 1.97. The highest BCUT2D eigenvalue weighted by molar-refractivity contribution is 5.68. The summed E-state index contributed by atoms with van der Waals surface area (Å²) < 4.78 is 14.3. The Morgan fingerprint density at radius 1 is 1.00 bits per heavy atom. The predicted octanol–water partition coefficient (Wildman–Crippen LogP) is 4.26. The van der Waals surface area contributed by atoms with Crippen molar-refractivity contribution in [3.63, 3.8) is 0 Å². The van der Waals surface area contributed by atoms with E-state index in [0.717, 1.165) is 24.9 Å². The molecule has 0 bridgehead atoms. The van der Waals surface area contributed by atoms with Crippen molar-refractivity contribution in [2.24, 2.45) is 0 Å². The number of benzene rings is 2. The number of halogens is 1. The molecular formula is C19H24FNO. The molecule has 0 aliphatic heterocycles. The van der Waals surface area contributed by atoms with Crippen LogP contribution in [-0.2, 0) is 0 Å². The Bertz CT molecular complexity index is 583. The van der Waals surface area contributed by atoms with Crippen molar-refractivity contribution in [1.82, 2.24) is 4.90 Å². The summed E-state index contributed by atoms with van der Waals surface area (Å²) in [5.74, 6) is -0.281. The second-order valence-corrected chi connectivity index (χ2v) is 5.88. The Balaban J connectivity index is 2.15. The van der Waals surface area contributed by atoms with Gasteiger partial charge >= 0.3 is 0 Å². The Morgan fingerprint density at radius 2 is 1.73 bits per heavy atom. The van der Waals surface area contributed by atoms with E-state index in [4.69, 9.17) is 0 Å². The molecule has 0 aromatic heterocycles. The zero-order valence-corrected chi connectivity index (χ0v) is 13.3. The summed E-state index contributed by atoms with van der Waals surface area (Å²) in [5.41, 5.74) is 2.00. The zero-order valence-electron chi connectivity index (χ0n) is 13.3. The molecule has 1 unspecified atom stereocenters. The van der Waals surface area contributed by atoms with Gasteiger partial charge in [-0.25, -0.2) is 4.39 Å². The van der Waals surface area contributed by atoms with E-state index < -0.39 is 6.10 Å². The Labute approximate surface area is 132 Å². The van der Waals surface area contributed by atoms with E-state index in [1.54, 1.807) is 6.07 Å². The average molecular weight is 301 g/mol. The number of aliphatic hydroxyl groups excluding tert-OH is 1. The van der Waals surface area contributed by atoms with Crippen LogP contribution in [0.2, 0.25) is 0 Å². The lowest BCUT2D eigenvalue weighted by atomic mass is 9.93. The SMILES string of the molecule is CN(C)CCCCC(O)c1cccc(F)c1-c1ccccc1.